The molecule has 0 saturated heterocycles. The van der Waals surface area contributed by atoms with Crippen molar-refractivity contribution < 1.29 is 18.7 Å². The summed E-state index contributed by atoms with van der Waals surface area (Å²) < 4.78 is 11.5. The van der Waals surface area contributed by atoms with Crippen LogP contribution in [0.5, 0.6) is 0 Å². The van der Waals surface area contributed by atoms with Crippen molar-refractivity contribution in [3.63, 3.8) is 0 Å². The van der Waals surface area contributed by atoms with Crippen LogP contribution in [0.15, 0.2) is 53.4 Å². The highest BCUT2D eigenvalue weighted by atomic mass is 35.5. The molecule has 0 atom stereocenters. The van der Waals surface area contributed by atoms with Crippen LogP contribution in [-0.4, -0.2) is 37.7 Å². The van der Waals surface area contributed by atoms with E-state index < -0.39 is 12.0 Å². The van der Waals surface area contributed by atoms with Gasteiger partial charge in [0.2, 0.25) is 0 Å². The molecule has 3 heterocycles. The van der Waals surface area contributed by atoms with E-state index in [1.807, 2.05) is 0 Å². The van der Waals surface area contributed by atoms with Crippen molar-refractivity contribution in [3.8, 4) is 11.4 Å². The Morgan fingerprint density at radius 2 is 2.03 bits per heavy atom. The number of anilines is 2. The zero-order chi connectivity index (χ0) is 22.0. The van der Waals surface area contributed by atoms with E-state index in [-0.39, 0.29) is 11.9 Å². The minimum absolute atomic E-state index is 0.183. The number of hydrogen-bond donors (Lipinski definition) is 2. The molecule has 4 aromatic rings. The number of carbonyl (C=O) groups excluding carboxylic acids is 2. The first-order chi connectivity index (χ1) is 14.9. The molecular formula is C20H17ClN6O4. The Morgan fingerprint density at radius 1 is 1.19 bits per heavy atom. The first-order valence-electron chi connectivity index (χ1n) is 9.24. The van der Waals surface area contributed by atoms with E-state index in [0.717, 1.165) is 0 Å². The molecule has 10 nitrogen and oxygen atoms in total. The topological polar surface area (TPSA) is 124 Å². The molecule has 0 fully saturated rings. The number of hydrogen-bond acceptors (Lipinski definition) is 7. The predicted molar refractivity (Wildman–Crippen MR) is 113 cm³/mol. The molecule has 1 aromatic carbocycles. The molecule has 0 unspecified atom stereocenters. The maximum atomic E-state index is 12.2. The minimum atomic E-state index is -0.598. The Balaban J connectivity index is 1.59. The monoisotopic (exact) mass is 440 g/mol. The highest BCUT2D eigenvalue weighted by Crippen LogP contribution is 2.29. The SMILES string of the molecule is CC(C)OC(=O)Nc1cnc2nc(-c3cc(NC(=O)c4ccco4)ccc3Cl)nn2c1. The van der Waals surface area contributed by atoms with E-state index in [0.29, 0.717) is 33.6 Å². The lowest BCUT2D eigenvalue weighted by Crippen LogP contribution is -2.18. The van der Waals surface area contributed by atoms with E-state index >= 15 is 0 Å². The number of furan rings is 1. The normalized spacial score (nSPS) is 11.0. The van der Waals surface area contributed by atoms with Crippen molar-refractivity contribution in [2.75, 3.05) is 10.6 Å². The van der Waals surface area contributed by atoms with Crippen LogP contribution in [0.1, 0.15) is 24.4 Å². The molecule has 0 bridgehead atoms. The fraction of sp³-hybridized carbons (Fsp3) is 0.150. The summed E-state index contributed by atoms with van der Waals surface area (Å²) in [5, 5.41) is 10.1. The predicted octanol–water partition coefficient (Wildman–Crippen LogP) is 4.25. The molecule has 0 aliphatic carbocycles. The van der Waals surface area contributed by atoms with E-state index in [4.69, 9.17) is 20.8 Å². The number of fused-ring (bicyclic) bond motifs is 1. The summed E-state index contributed by atoms with van der Waals surface area (Å²) in [6, 6.07) is 8.12. The lowest BCUT2D eigenvalue weighted by Gasteiger charge is -2.08. The molecule has 0 spiro atoms. The average Bonchev–Trinajstić information content (AvgIpc) is 3.38. The Morgan fingerprint density at radius 3 is 2.77 bits per heavy atom. The lowest BCUT2D eigenvalue weighted by molar-refractivity contribution is 0.0996. The molecule has 0 aliphatic heterocycles. The molecule has 11 heteroatoms. The van der Waals surface area contributed by atoms with Gasteiger partial charge in [0.05, 0.1) is 35.5 Å². The fourth-order valence-electron chi connectivity index (χ4n) is 2.70. The third-order valence-electron chi connectivity index (χ3n) is 3.99. The zero-order valence-electron chi connectivity index (χ0n) is 16.5. The summed E-state index contributed by atoms with van der Waals surface area (Å²) in [5.74, 6) is 0.391. The quantitative estimate of drug-likeness (QED) is 0.475. The average molecular weight is 441 g/mol. The Hall–Kier alpha value is -3.92. The van der Waals surface area contributed by atoms with Crippen molar-refractivity contribution in [1.82, 2.24) is 19.6 Å². The summed E-state index contributed by atoms with van der Waals surface area (Å²) in [6.07, 6.45) is 3.56. The second-order valence-corrected chi connectivity index (χ2v) is 7.13. The maximum Gasteiger partial charge on any atom is 0.411 e. The van der Waals surface area contributed by atoms with Gasteiger partial charge in [-0.3, -0.25) is 10.1 Å². The van der Waals surface area contributed by atoms with Crippen LogP contribution in [0.4, 0.5) is 16.2 Å². The van der Waals surface area contributed by atoms with Crippen molar-refractivity contribution in [2.45, 2.75) is 20.0 Å². The number of nitrogens with one attached hydrogen (secondary N) is 2. The van der Waals surface area contributed by atoms with Gasteiger partial charge >= 0.3 is 6.09 Å². The van der Waals surface area contributed by atoms with E-state index in [2.05, 4.69) is 25.7 Å². The summed E-state index contributed by atoms with van der Waals surface area (Å²) in [6.45, 7) is 3.50. The van der Waals surface area contributed by atoms with Gasteiger partial charge in [-0.2, -0.15) is 4.98 Å². The highest BCUT2D eigenvalue weighted by molar-refractivity contribution is 6.33. The Labute approximate surface area is 181 Å². The summed E-state index contributed by atoms with van der Waals surface area (Å²) in [4.78, 5) is 32.5. The van der Waals surface area contributed by atoms with Crippen molar-refractivity contribution in [1.29, 1.82) is 0 Å². The van der Waals surface area contributed by atoms with Gasteiger partial charge in [0, 0.05) is 11.3 Å². The second kappa shape index (κ2) is 8.44. The molecule has 2 N–H and O–H groups in total. The number of rotatable bonds is 5. The molecule has 3 aromatic heterocycles. The van der Waals surface area contributed by atoms with Crippen molar-refractivity contribution in [3.05, 3.63) is 59.8 Å². The van der Waals surface area contributed by atoms with Gasteiger partial charge in [-0.05, 0) is 44.2 Å². The standard InChI is InChI=1S/C20H17ClN6O4/c1-11(2)31-20(29)24-13-9-22-19-25-17(26-27(19)10-13)14-8-12(5-6-15(14)21)23-18(28)16-4-3-7-30-16/h3-11H,1-2H3,(H,23,28)(H,24,29). The molecule has 4 rings (SSSR count). The van der Waals surface area contributed by atoms with Crippen molar-refractivity contribution >= 4 is 40.8 Å². The first kappa shape index (κ1) is 20.4. The van der Waals surface area contributed by atoms with Gasteiger partial charge < -0.3 is 14.5 Å². The third-order valence-corrected chi connectivity index (χ3v) is 4.32. The third kappa shape index (κ3) is 4.64. The molecule has 0 radical (unpaired) electrons. The van der Waals surface area contributed by atoms with Gasteiger partial charge in [-0.25, -0.2) is 14.3 Å². The lowest BCUT2D eigenvalue weighted by atomic mass is 10.2. The second-order valence-electron chi connectivity index (χ2n) is 6.73. The number of carbonyl (C=O) groups is 2. The van der Waals surface area contributed by atoms with E-state index in [1.54, 1.807) is 50.4 Å². The van der Waals surface area contributed by atoms with Crippen LogP contribution < -0.4 is 10.6 Å². The number of halogens is 1. The summed E-state index contributed by atoms with van der Waals surface area (Å²) >= 11 is 6.33. The van der Waals surface area contributed by atoms with Crippen LogP contribution in [-0.2, 0) is 4.74 Å². The molecule has 0 aliphatic rings. The van der Waals surface area contributed by atoms with E-state index in [9.17, 15) is 9.59 Å². The molecule has 0 saturated carbocycles. The van der Waals surface area contributed by atoms with Crippen LogP contribution >= 0.6 is 11.6 Å². The minimum Gasteiger partial charge on any atom is -0.459 e. The highest BCUT2D eigenvalue weighted by Gasteiger charge is 2.15. The van der Waals surface area contributed by atoms with Gasteiger partial charge in [0.25, 0.3) is 11.7 Å². The Bertz CT molecular complexity index is 1250. The van der Waals surface area contributed by atoms with Crippen LogP contribution in [0.2, 0.25) is 5.02 Å². The zero-order valence-corrected chi connectivity index (χ0v) is 17.3. The summed E-state index contributed by atoms with van der Waals surface area (Å²) in [5.41, 5.74) is 1.38. The van der Waals surface area contributed by atoms with Gasteiger partial charge in [0.1, 0.15) is 0 Å². The number of benzene rings is 1. The van der Waals surface area contributed by atoms with Gasteiger partial charge in [-0.15, -0.1) is 5.10 Å². The molecule has 158 valence electrons. The van der Waals surface area contributed by atoms with Gasteiger partial charge in [0.15, 0.2) is 11.6 Å². The number of nitrogens with zero attached hydrogens (tertiary/aromatic N) is 4. The number of aromatic nitrogens is 4. The molecular weight excluding hydrogens is 424 g/mol. The van der Waals surface area contributed by atoms with Crippen LogP contribution in [0, 0.1) is 0 Å². The summed E-state index contributed by atoms with van der Waals surface area (Å²) in [7, 11) is 0. The number of amides is 2. The molecule has 2 amide bonds. The smallest absolute Gasteiger partial charge is 0.411 e. The maximum absolute atomic E-state index is 12.2. The van der Waals surface area contributed by atoms with E-state index in [1.165, 1.54) is 17.0 Å². The van der Waals surface area contributed by atoms with Crippen molar-refractivity contribution in [2.24, 2.45) is 0 Å². The van der Waals surface area contributed by atoms with Crippen LogP contribution in [0.3, 0.4) is 0 Å². The molecule has 31 heavy (non-hydrogen) atoms. The Kier molecular flexibility index (Phi) is 5.54. The fourth-order valence-corrected chi connectivity index (χ4v) is 2.90. The first-order valence-corrected chi connectivity index (χ1v) is 9.61. The van der Waals surface area contributed by atoms with Gasteiger partial charge in [-0.1, -0.05) is 11.6 Å². The number of ether oxygens (including phenoxy) is 1. The van der Waals surface area contributed by atoms with Crippen LogP contribution in [0.25, 0.3) is 17.2 Å². The largest absolute Gasteiger partial charge is 0.459 e.